The second kappa shape index (κ2) is 53.7. The molecule has 0 saturated carbocycles. The van der Waals surface area contributed by atoms with Crippen LogP contribution in [0.25, 0.3) is 0 Å². The second-order valence-corrected chi connectivity index (χ2v) is 22.1. The zero-order chi connectivity index (χ0) is 53.5. The van der Waals surface area contributed by atoms with E-state index in [0.29, 0.717) is 17.4 Å². The van der Waals surface area contributed by atoms with Gasteiger partial charge in [-0.3, -0.25) is 18.6 Å². The molecule has 73 heavy (non-hydrogen) atoms. The standard InChI is InChI=1S/C63H110NO8P/c1-6-8-10-12-14-16-18-20-22-24-26-27-28-29-30-31-32-33-34-35-36-37-38-40-42-44-46-48-50-52-54-56-63(66)72-61(60-71-73(67,68)70-58-57-64(3,4)5)59-69-62(65)55-53-51-49-47-45-43-41-39-25-23-21-19-17-15-13-11-9-7-2/h8,10,14,16,20,22-23,25-27,29-30,32-33,35-36,61H,6-7,9,11-13,15,17-19,21,24,28,31,34,37-60H2,1-5H3/p+1/b10-8-,16-14-,22-20-,25-23-,27-26-,30-29-,33-32-,36-35-. The number of carbonyl (C=O) groups is 2. The number of allylic oxidation sites excluding steroid dienone is 16. The van der Waals surface area contributed by atoms with Crippen LogP contribution in [0.2, 0.25) is 0 Å². The second-order valence-electron chi connectivity index (χ2n) is 20.6. The molecular formula is C63H111NO8P+. The first-order valence-electron chi connectivity index (χ1n) is 29.5. The predicted octanol–water partition coefficient (Wildman–Crippen LogP) is 18.4. The van der Waals surface area contributed by atoms with Crippen LogP contribution in [-0.4, -0.2) is 74.9 Å². The highest BCUT2D eigenvalue weighted by molar-refractivity contribution is 7.47. The number of nitrogens with zero attached hydrogens (tertiary/aromatic N) is 1. The fourth-order valence-corrected chi connectivity index (χ4v) is 8.56. The maximum absolute atomic E-state index is 12.8. The van der Waals surface area contributed by atoms with Gasteiger partial charge in [0.15, 0.2) is 6.10 Å². The molecule has 0 aliphatic heterocycles. The van der Waals surface area contributed by atoms with Crippen LogP contribution >= 0.6 is 7.82 Å². The molecule has 0 rings (SSSR count). The number of ether oxygens (including phenoxy) is 2. The van der Waals surface area contributed by atoms with E-state index in [9.17, 15) is 19.0 Å². The van der Waals surface area contributed by atoms with Crippen LogP contribution in [0.3, 0.4) is 0 Å². The number of unbranched alkanes of at least 4 members (excludes halogenated alkanes) is 23. The van der Waals surface area contributed by atoms with E-state index >= 15 is 0 Å². The van der Waals surface area contributed by atoms with Crippen molar-refractivity contribution in [2.45, 2.75) is 245 Å². The zero-order valence-electron chi connectivity index (χ0n) is 47.6. The summed E-state index contributed by atoms with van der Waals surface area (Å²) in [4.78, 5) is 35.7. The molecule has 0 aliphatic rings. The molecule has 2 unspecified atom stereocenters. The minimum atomic E-state index is -4.39. The number of rotatable bonds is 53. The van der Waals surface area contributed by atoms with Crippen molar-refractivity contribution in [1.29, 1.82) is 0 Å². The molecule has 2 atom stereocenters. The van der Waals surface area contributed by atoms with Gasteiger partial charge in [0.05, 0.1) is 27.7 Å². The van der Waals surface area contributed by atoms with Gasteiger partial charge in [0, 0.05) is 12.8 Å². The molecule has 0 bridgehead atoms. The summed E-state index contributed by atoms with van der Waals surface area (Å²) in [5.74, 6) is -0.811. The van der Waals surface area contributed by atoms with Gasteiger partial charge < -0.3 is 18.9 Å². The van der Waals surface area contributed by atoms with E-state index in [4.69, 9.17) is 18.5 Å². The Balaban J connectivity index is 4.19. The van der Waals surface area contributed by atoms with Crippen molar-refractivity contribution >= 4 is 19.8 Å². The molecule has 420 valence electrons. The Hall–Kier alpha value is -3.07. The minimum Gasteiger partial charge on any atom is -0.462 e. The van der Waals surface area contributed by atoms with Crippen molar-refractivity contribution in [3.63, 3.8) is 0 Å². The molecule has 0 aromatic carbocycles. The summed E-state index contributed by atoms with van der Waals surface area (Å²) >= 11 is 0. The van der Waals surface area contributed by atoms with E-state index in [0.717, 1.165) is 103 Å². The summed E-state index contributed by atoms with van der Waals surface area (Å²) in [5.41, 5.74) is 0. The van der Waals surface area contributed by atoms with Gasteiger partial charge >= 0.3 is 19.8 Å². The summed E-state index contributed by atoms with van der Waals surface area (Å²) in [5, 5.41) is 0. The summed E-state index contributed by atoms with van der Waals surface area (Å²) in [7, 11) is 1.46. The lowest BCUT2D eigenvalue weighted by molar-refractivity contribution is -0.870. The van der Waals surface area contributed by atoms with Crippen LogP contribution in [0.5, 0.6) is 0 Å². The zero-order valence-corrected chi connectivity index (χ0v) is 48.5. The van der Waals surface area contributed by atoms with Crippen molar-refractivity contribution in [3.05, 3.63) is 97.2 Å². The smallest absolute Gasteiger partial charge is 0.462 e. The summed E-state index contributed by atoms with van der Waals surface area (Å²) in [6.07, 6.45) is 73.3. The van der Waals surface area contributed by atoms with Crippen molar-refractivity contribution in [1.82, 2.24) is 0 Å². The molecule has 0 heterocycles. The predicted molar refractivity (Wildman–Crippen MR) is 312 cm³/mol. The topological polar surface area (TPSA) is 108 Å². The lowest BCUT2D eigenvalue weighted by atomic mass is 10.1. The molecule has 0 aromatic heterocycles. The highest BCUT2D eigenvalue weighted by atomic mass is 31.2. The molecule has 0 radical (unpaired) electrons. The summed E-state index contributed by atoms with van der Waals surface area (Å²) in [6.45, 7) is 4.31. The third-order valence-corrected chi connectivity index (χ3v) is 13.3. The average Bonchev–Trinajstić information content (AvgIpc) is 3.35. The lowest BCUT2D eigenvalue weighted by Crippen LogP contribution is -2.37. The molecule has 0 amide bonds. The van der Waals surface area contributed by atoms with Gasteiger partial charge in [-0.2, -0.15) is 0 Å². The van der Waals surface area contributed by atoms with Gasteiger partial charge in [-0.05, 0) is 96.3 Å². The lowest BCUT2D eigenvalue weighted by Gasteiger charge is -2.24. The third-order valence-electron chi connectivity index (χ3n) is 12.3. The number of esters is 2. The van der Waals surface area contributed by atoms with Gasteiger partial charge in [0.1, 0.15) is 19.8 Å². The van der Waals surface area contributed by atoms with E-state index < -0.39 is 26.5 Å². The molecule has 0 fully saturated rings. The van der Waals surface area contributed by atoms with Crippen LogP contribution < -0.4 is 0 Å². The number of carbonyl (C=O) groups excluding carboxylic acids is 2. The number of likely N-dealkylation sites (N-methyl/N-ethyl adjacent to an activating group) is 1. The average molecular weight is 1040 g/mol. The number of phosphoric ester groups is 1. The van der Waals surface area contributed by atoms with Gasteiger partial charge in [0.25, 0.3) is 0 Å². The first-order valence-corrected chi connectivity index (χ1v) is 31.0. The van der Waals surface area contributed by atoms with E-state index in [1.54, 1.807) is 0 Å². The molecule has 0 aliphatic carbocycles. The summed E-state index contributed by atoms with van der Waals surface area (Å²) in [6, 6.07) is 0. The SMILES string of the molecule is CC/C=C\C/C=C\C/C=C\C/C=C\C/C=C\C/C=C\C/C=C\CCCCCCCCCCCC(=O)OC(COC(=O)CCCCCCCCC/C=C\CCCCCCCCC)COP(=O)(O)OCC[N+](C)(C)C. The fourth-order valence-electron chi connectivity index (χ4n) is 7.81. The Bertz CT molecular complexity index is 1550. The quantitative estimate of drug-likeness (QED) is 0.0211. The van der Waals surface area contributed by atoms with Crippen LogP contribution in [0.1, 0.15) is 239 Å². The van der Waals surface area contributed by atoms with Crippen LogP contribution in [0.15, 0.2) is 97.2 Å². The van der Waals surface area contributed by atoms with Crippen LogP contribution in [0.4, 0.5) is 0 Å². The van der Waals surface area contributed by atoms with Gasteiger partial charge in [-0.25, -0.2) is 4.57 Å². The Morgan fingerprint density at radius 2 is 0.781 bits per heavy atom. The molecule has 1 N–H and O–H groups in total. The fraction of sp³-hybridized carbons (Fsp3) is 0.714. The first kappa shape index (κ1) is 69.9. The highest BCUT2D eigenvalue weighted by Gasteiger charge is 2.27. The van der Waals surface area contributed by atoms with Gasteiger partial charge in [-0.1, -0.05) is 227 Å². The van der Waals surface area contributed by atoms with Crippen molar-refractivity contribution < 1.29 is 42.1 Å². The number of phosphoric acid groups is 1. The molecule has 0 saturated heterocycles. The van der Waals surface area contributed by atoms with Gasteiger partial charge in [-0.15, -0.1) is 0 Å². The maximum Gasteiger partial charge on any atom is 0.472 e. The Morgan fingerprint density at radius 1 is 0.438 bits per heavy atom. The molecule has 0 spiro atoms. The van der Waals surface area contributed by atoms with E-state index in [2.05, 4.69) is 111 Å². The van der Waals surface area contributed by atoms with Crippen molar-refractivity contribution in [3.8, 4) is 0 Å². The first-order chi connectivity index (χ1) is 35.5. The highest BCUT2D eigenvalue weighted by Crippen LogP contribution is 2.43. The molecule has 10 heteroatoms. The van der Waals surface area contributed by atoms with Crippen molar-refractivity contribution in [2.75, 3.05) is 47.5 Å². The molecule has 0 aromatic rings. The number of hydrogen-bond acceptors (Lipinski definition) is 7. The van der Waals surface area contributed by atoms with Crippen molar-refractivity contribution in [2.24, 2.45) is 0 Å². The summed E-state index contributed by atoms with van der Waals surface area (Å²) < 4.78 is 34.6. The van der Waals surface area contributed by atoms with E-state index in [1.807, 2.05) is 21.1 Å². The van der Waals surface area contributed by atoms with Crippen LogP contribution in [-0.2, 0) is 32.7 Å². The van der Waals surface area contributed by atoms with E-state index in [-0.39, 0.29) is 32.0 Å². The molecule has 9 nitrogen and oxygen atoms in total. The van der Waals surface area contributed by atoms with Crippen LogP contribution in [0, 0.1) is 0 Å². The Kier molecular flexibility index (Phi) is 51.5. The van der Waals surface area contributed by atoms with E-state index in [1.165, 1.54) is 103 Å². The Morgan fingerprint density at radius 3 is 1.18 bits per heavy atom. The molecular weight excluding hydrogens is 930 g/mol. The number of hydrogen-bond donors (Lipinski definition) is 1. The maximum atomic E-state index is 12.8. The normalized spacial score (nSPS) is 14.0. The number of quaternary nitrogens is 1. The van der Waals surface area contributed by atoms with Gasteiger partial charge in [0.2, 0.25) is 0 Å². The minimum absolute atomic E-state index is 0.0257. The largest absolute Gasteiger partial charge is 0.472 e. The Labute approximate surface area is 449 Å². The monoisotopic (exact) mass is 1040 g/mol. The third kappa shape index (κ3) is 58.1.